The summed E-state index contributed by atoms with van der Waals surface area (Å²) < 4.78 is 21.3. The summed E-state index contributed by atoms with van der Waals surface area (Å²) in [6.45, 7) is 2.48. The van der Waals surface area contributed by atoms with Gasteiger partial charge in [-0.3, -0.25) is 10.1 Å². The first kappa shape index (κ1) is 19.4. The average Bonchev–Trinajstić information content (AvgIpc) is 2.71. The Bertz CT molecular complexity index is 907. The monoisotopic (exact) mass is 385 g/mol. The first-order valence-electron chi connectivity index (χ1n) is 8.66. The van der Waals surface area contributed by atoms with Gasteiger partial charge in [0.2, 0.25) is 0 Å². The van der Waals surface area contributed by atoms with Crippen LogP contribution in [-0.2, 0) is 27.5 Å². The van der Waals surface area contributed by atoms with Gasteiger partial charge in [-0.15, -0.1) is 0 Å². The Morgan fingerprint density at radius 3 is 2.93 bits per heavy atom. The summed E-state index contributed by atoms with van der Waals surface area (Å²) in [7, 11) is 0. The molecule has 0 spiro atoms. The quantitative estimate of drug-likeness (QED) is 0.311. The van der Waals surface area contributed by atoms with Gasteiger partial charge in [-0.25, -0.2) is 4.79 Å². The molecular weight excluding hydrogens is 366 g/mol. The van der Waals surface area contributed by atoms with E-state index < -0.39 is 10.9 Å². The van der Waals surface area contributed by atoms with E-state index in [1.165, 1.54) is 18.2 Å². The summed E-state index contributed by atoms with van der Waals surface area (Å²) in [6, 6.07) is 10.0. The minimum Gasteiger partial charge on any atom is -0.493 e. The van der Waals surface area contributed by atoms with E-state index in [4.69, 9.17) is 18.9 Å². The second kappa shape index (κ2) is 9.01. The number of nitrogens with zero attached hydrogens (tertiary/aromatic N) is 1. The Kier molecular flexibility index (Phi) is 6.23. The van der Waals surface area contributed by atoms with Gasteiger partial charge in [-0.2, -0.15) is 0 Å². The van der Waals surface area contributed by atoms with Gasteiger partial charge >= 0.3 is 5.97 Å². The number of fused-ring (bicyclic) bond motifs is 1. The van der Waals surface area contributed by atoms with Crippen LogP contribution in [0.5, 0.6) is 11.5 Å². The van der Waals surface area contributed by atoms with Gasteiger partial charge in [-0.05, 0) is 19.1 Å². The number of nitro benzene ring substituents is 1. The van der Waals surface area contributed by atoms with E-state index in [9.17, 15) is 14.9 Å². The summed E-state index contributed by atoms with van der Waals surface area (Å²) in [6.07, 6.45) is 2.88. The van der Waals surface area contributed by atoms with Crippen LogP contribution in [0.4, 0.5) is 5.69 Å². The third-order valence-corrected chi connectivity index (χ3v) is 3.97. The molecule has 0 saturated heterocycles. The molecule has 8 nitrogen and oxygen atoms in total. The highest BCUT2D eigenvalue weighted by atomic mass is 16.7. The third-order valence-electron chi connectivity index (χ3n) is 3.97. The summed E-state index contributed by atoms with van der Waals surface area (Å²) in [4.78, 5) is 22.7. The van der Waals surface area contributed by atoms with Crippen LogP contribution in [-0.4, -0.2) is 24.3 Å². The maximum atomic E-state index is 12.1. The molecule has 0 radical (unpaired) electrons. The van der Waals surface area contributed by atoms with Crippen LogP contribution in [0.25, 0.3) is 6.08 Å². The maximum Gasteiger partial charge on any atom is 0.331 e. The first-order valence-corrected chi connectivity index (χ1v) is 8.66. The molecule has 28 heavy (non-hydrogen) atoms. The van der Waals surface area contributed by atoms with Gasteiger partial charge in [0.15, 0.2) is 6.79 Å². The van der Waals surface area contributed by atoms with Crippen molar-refractivity contribution in [1.82, 2.24) is 0 Å². The molecule has 8 heteroatoms. The number of hydrogen-bond donors (Lipinski definition) is 0. The number of hydrogen-bond acceptors (Lipinski definition) is 7. The highest BCUT2D eigenvalue weighted by molar-refractivity contribution is 5.87. The van der Waals surface area contributed by atoms with E-state index >= 15 is 0 Å². The van der Waals surface area contributed by atoms with Gasteiger partial charge in [0, 0.05) is 34.9 Å². The number of nitro groups is 1. The number of non-ortho nitro benzene ring substituents is 1. The van der Waals surface area contributed by atoms with Crippen molar-refractivity contribution in [2.45, 2.75) is 20.1 Å². The zero-order valence-electron chi connectivity index (χ0n) is 15.3. The van der Waals surface area contributed by atoms with Crippen molar-refractivity contribution < 1.29 is 28.7 Å². The molecule has 0 fully saturated rings. The highest BCUT2D eigenvalue weighted by Gasteiger charge is 2.21. The van der Waals surface area contributed by atoms with Crippen molar-refractivity contribution in [2.24, 2.45) is 0 Å². The van der Waals surface area contributed by atoms with Gasteiger partial charge in [0.25, 0.3) is 5.69 Å². The Hall–Kier alpha value is -3.39. The lowest BCUT2D eigenvalue weighted by molar-refractivity contribution is -0.385. The molecule has 0 saturated carbocycles. The predicted octanol–water partition coefficient (Wildman–Crippen LogP) is 3.62. The number of esters is 1. The molecule has 2 aromatic carbocycles. The molecule has 0 atom stereocenters. The van der Waals surface area contributed by atoms with E-state index in [-0.39, 0.29) is 25.7 Å². The Balaban J connectivity index is 1.71. The van der Waals surface area contributed by atoms with Crippen molar-refractivity contribution in [3.05, 3.63) is 69.3 Å². The molecule has 3 rings (SSSR count). The molecule has 0 bridgehead atoms. The lowest BCUT2D eigenvalue weighted by Crippen LogP contribution is -2.14. The van der Waals surface area contributed by atoms with Crippen LogP contribution in [0.2, 0.25) is 0 Å². The van der Waals surface area contributed by atoms with E-state index in [1.807, 2.05) is 31.2 Å². The molecule has 1 heterocycles. The minimum absolute atomic E-state index is 0.0415. The van der Waals surface area contributed by atoms with Gasteiger partial charge in [-0.1, -0.05) is 18.2 Å². The smallest absolute Gasteiger partial charge is 0.331 e. The van der Waals surface area contributed by atoms with Crippen molar-refractivity contribution in [3.63, 3.8) is 0 Å². The van der Waals surface area contributed by atoms with Gasteiger partial charge in [0.05, 0.1) is 18.1 Å². The van der Waals surface area contributed by atoms with E-state index in [0.717, 1.165) is 5.56 Å². The number of rotatable bonds is 7. The summed E-state index contributed by atoms with van der Waals surface area (Å²) >= 11 is 0. The lowest BCUT2D eigenvalue weighted by Gasteiger charge is -2.20. The largest absolute Gasteiger partial charge is 0.493 e. The standard InChI is InChI=1S/C20H19NO7/c1-2-26-18-6-4-3-5-14(18)7-8-19(22)27-12-16-10-17(21(23)24)9-15-11-25-13-28-20(15)16/h3-10H,2,11-13H2,1H3/b8-7+. The molecule has 2 aromatic rings. The molecule has 146 valence electrons. The van der Waals surface area contributed by atoms with Crippen molar-refractivity contribution in [1.29, 1.82) is 0 Å². The highest BCUT2D eigenvalue weighted by Crippen LogP contribution is 2.33. The predicted molar refractivity (Wildman–Crippen MR) is 99.8 cm³/mol. The summed E-state index contributed by atoms with van der Waals surface area (Å²) in [5.74, 6) is 0.532. The fourth-order valence-corrected chi connectivity index (χ4v) is 2.75. The van der Waals surface area contributed by atoms with Crippen molar-refractivity contribution >= 4 is 17.7 Å². The molecule has 1 aliphatic heterocycles. The third kappa shape index (κ3) is 4.66. The number of carbonyl (C=O) groups excluding carboxylic acids is 1. The second-order valence-corrected chi connectivity index (χ2v) is 5.87. The number of carbonyl (C=O) groups is 1. The van der Waals surface area contributed by atoms with Crippen LogP contribution >= 0.6 is 0 Å². The summed E-state index contributed by atoms with van der Waals surface area (Å²) in [5.41, 5.74) is 1.60. The van der Waals surface area contributed by atoms with E-state index in [1.54, 1.807) is 6.08 Å². The van der Waals surface area contributed by atoms with Crippen LogP contribution < -0.4 is 9.47 Å². The van der Waals surface area contributed by atoms with Gasteiger partial charge < -0.3 is 18.9 Å². The molecule has 0 aliphatic carbocycles. The average molecular weight is 385 g/mol. The zero-order chi connectivity index (χ0) is 19.9. The number of para-hydroxylation sites is 1. The fraction of sp³-hybridized carbons (Fsp3) is 0.250. The lowest BCUT2D eigenvalue weighted by atomic mass is 10.1. The Morgan fingerprint density at radius 1 is 1.32 bits per heavy atom. The van der Waals surface area contributed by atoms with Crippen LogP contribution in [0.3, 0.4) is 0 Å². The second-order valence-electron chi connectivity index (χ2n) is 5.87. The van der Waals surface area contributed by atoms with E-state index in [0.29, 0.717) is 29.2 Å². The molecule has 0 unspecified atom stereocenters. The van der Waals surface area contributed by atoms with E-state index in [2.05, 4.69) is 0 Å². The molecule has 0 N–H and O–H groups in total. The topological polar surface area (TPSA) is 97.1 Å². The number of benzene rings is 2. The summed E-state index contributed by atoms with van der Waals surface area (Å²) in [5, 5.41) is 11.1. The Morgan fingerprint density at radius 2 is 2.14 bits per heavy atom. The van der Waals surface area contributed by atoms with Crippen molar-refractivity contribution in [3.8, 4) is 11.5 Å². The normalized spacial score (nSPS) is 12.9. The Labute approximate surface area is 161 Å². The maximum absolute atomic E-state index is 12.1. The molecule has 1 aliphatic rings. The minimum atomic E-state index is -0.585. The first-order chi connectivity index (χ1) is 13.6. The van der Waals surface area contributed by atoms with Crippen LogP contribution in [0, 0.1) is 10.1 Å². The molecule has 0 amide bonds. The van der Waals surface area contributed by atoms with Crippen LogP contribution in [0.1, 0.15) is 23.6 Å². The zero-order valence-corrected chi connectivity index (χ0v) is 15.3. The van der Waals surface area contributed by atoms with Gasteiger partial charge in [0.1, 0.15) is 18.1 Å². The molecular formula is C20H19NO7. The number of ether oxygens (including phenoxy) is 4. The fourth-order valence-electron chi connectivity index (χ4n) is 2.75. The molecule has 0 aromatic heterocycles. The SMILES string of the molecule is CCOc1ccccc1/C=C/C(=O)OCc1cc([N+](=O)[O-])cc2c1OCOC2. The van der Waals surface area contributed by atoms with Crippen LogP contribution in [0.15, 0.2) is 42.5 Å². The van der Waals surface area contributed by atoms with Crippen molar-refractivity contribution in [2.75, 3.05) is 13.4 Å².